The topological polar surface area (TPSA) is 68.2 Å². The fraction of sp³-hybridized carbons (Fsp3) is 1.00. The van der Waals surface area contributed by atoms with Gasteiger partial charge in [-0.05, 0) is 56.3 Å². The Hall–Kier alpha value is -0.200. The lowest BCUT2D eigenvalue weighted by molar-refractivity contribution is -0.240. The van der Waals surface area contributed by atoms with Gasteiger partial charge in [-0.25, -0.2) is 0 Å². The van der Waals surface area contributed by atoms with Crippen LogP contribution >= 0.6 is 0 Å². The zero-order valence-corrected chi connectivity index (χ0v) is 15.7. The van der Waals surface area contributed by atoms with E-state index in [2.05, 4.69) is 13.8 Å². The second-order valence-corrected chi connectivity index (χ2v) is 7.97. The second-order valence-electron chi connectivity index (χ2n) is 7.97. The number of rotatable bonds is 7. The van der Waals surface area contributed by atoms with Gasteiger partial charge in [-0.3, -0.25) is 0 Å². The van der Waals surface area contributed by atoms with Gasteiger partial charge >= 0.3 is 0 Å². The molecule has 2 N–H and O–H groups in total. The number of hydrogen-bond donors (Lipinski definition) is 2. The molecule has 5 nitrogen and oxygen atoms in total. The molecule has 8 unspecified atom stereocenters. The highest BCUT2D eigenvalue weighted by molar-refractivity contribution is 4.81. The van der Waals surface area contributed by atoms with E-state index in [1.54, 1.807) is 14.2 Å². The smallest absolute Gasteiger partial charge is 0.160 e. The van der Waals surface area contributed by atoms with Crippen molar-refractivity contribution in [3.05, 3.63) is 0 Å². The Morgan fingerprint density at radius 3 is 2.00 bits per heavy atom. The molecule has 0 bridgehead atoms. The second kappa shape index (κ2) is 9.48. The average molecular weight is 344 g/mol. The molecule has 2 aliphatic carbocycles. The summed E-state index contributed by atoms with van der Waals surface area (Å²) in [5.41, 5.74) is 0. The van der Waals surface area contributed by atoms with Gasteiger partial charge in [-0.15, -0.1) is 0 Å². The number of aliphatic hydroxyl groups excluding tert-OH is 2. The van der Waals surface area contributed by atoms with Crippen molar-refractivity contribution in [2.24, 2.45) is 23.7 Å². The number of hydrogen-bond acceptors (Lipinski definition) is 5. The summed E-state index contributed by atoms with van der Waals surface area (Å²) >= 11 is 0. The van der Waals surface area contributed by atoms with E-state index in [1.807, 2.05) is 0 Å². The summed E-state index contributed by atoms with van der Waals surface area (Å²) in [4.78, 5) is 0. The van der Waals surface area contributed by atoms with E-state index in [-0.39, 0.29) is 12.0 Å². The number of methoxy groups -OCH3 is 2. The Bertz CT molecular complexity index is 364. The molecule has 2 fully saturated rings. The Kier molecular flexibility index (Phi) is 7.95. The van der Waals surface area contributed by atoms with Gasteiger partial charge in [0, 0.05) is 26.6 Å². The van der Waals surface area contributed by atoms with Crippen molar-refractivity contribution >= 4 is 0 Å². The van der Waals surface area contributed by atoms with Crippen molar-refractivity contribution in [1.29, 1.82) is 0 Å². The fourth-order valence-corrected chi connectivity index (χ4v) is 4.68. The molecular weight excluding hydrogens is 308 g/mol. The molecule has 5 heteroatoms. The molecule has 0 aromatic carbocycles. The Morgan fingerprint density at radius 2 is 1.46 bits per heavy atom. The zero-order valence-electron chi connectivity index (χ0n) is 15.7. The predicted octanol–water partition coefficient (Wildman–Crippen LogP) is 2.93. The van der Waals surface area contributed by atoms with Gasteiger partial charge in [0.2, 0.25) is 0 Å². The third kappa shape index (κ3) is 5.40. The third-order valence-electron chi connectivity index (χ3n) is 6.17. The van der Waals surface area contributed by atoms with Crippen molar-refractivity contribution in [3.63, 3.8) is 0 Å². The quantitative estimate of drug-likeness (QED) is 0.695. The molecule has 0 spiro atoms. The van der Waals surface area contributed by atoms with Crippen molar-refractivity contribution in [2.45, 2.75) is 83.6 Å². The van der Waals surface area contributed by atoms with Crippen LogP contribution < -0.4 is 0 Å². The largest absolute Gasteiger partial charge is 0.381 e. The first-order valence-electron chi connectivity index (χ1n) is 9.51. The van der Waals surface area contributed by atoms with Crippen LogP contribution in [-0.2, 0) is 14.2 Å². The first kappa shape index (κ1) is 20.1. The number of ether oxygens (including phenoxy) is 3. The van der Waals surface area contributed by atoms with Crippen molar-refractivity contribution < 1.29 is 24.4 Å². The van der Waals surface area contributed by atoms with Gasteiger partial charge < -0.3 is 24.4 Å². The van der Waals surface area contributed by atoms with Gasteiger partial charge in [0.1, 0.15) is 0 Å². The molecule has 0 heterocycles. The first-order valence-corrected chi connectivity index (χ1v) is 9.51. The minimum Gasteiger partial charge on any atom is -0.381 e. The van der Waals surface area contributed by atoms with Crippen LogP contribution in [0.15, 0.2) is 0 Å². The van der Waals surface area contributed by atoms with Gasteiger partial charge in [0.05, 0.1) is 12.2 Å². The maximum atomic E-state index is 10.3. The first-order chi connectivity index (χ1) is 11.4. The molecule has 0 amide bonds. The highest BCUT2D eigenvalue weighted by Gasteiger charge is 2.34. The molecule has 24 heavy (non-hydrogen) atoms. The van der Waals surface area contributed by atoms with E-state index in [0.717, 1.165) is 38.5 Å². The Labute approximate surface area is 146 Å². The van der Waals surface area contributed by atoms with Gasteiger partial charge in [0.15, 0.2) is 12.6 Å². The van der Waals surface area contributed by atoms with E-state index < -0.39 is 12.6 Å². The lowest BCUT2D eigenvalue weighted by atomic mass is 9.78. The standard InChI is InChI=1S/C19H36O5/c1-12-9-14(5-7-16(12)22-3)11-18(20)24-19(21)15-6-8-17(23-4)13(2)10-15/h12-21H,5-11H2,1-4H3. The van der Waals surface area contributed by atoms with Crippen LogP contribution in [0.3, 0.4) is 0 Å². The summed E-state index contributed by atoms with van der Waals surface area (Å²) in [6.07, 6.45) is 5.28. The summed E-state index contributed by atoms with van der Waals surface area (Å²) in [6.45, 7) is 4.36. The van der Waals surface area contributed by atoms with Crippen molar-refractivity contribution in [3.8, 4) is 0 Å². The highest BCUT2D eigenvalue weighted by Crippen LogP contribution is 2.35. The van der Waals surface area contributed by atoms with Crippen molar-refractivity contribution in [2.75, 3.05) is 14.2 Å². The molecule has 2 rings (SSSR count). The molecule has 142 valence electrons. The molecular formula is C19H36O5. The minimum absolute atomic E-state index is 0.0872. The van der Waals surface area contributed by atoms with E-state index >= 15 is 0 Å². The molecule has 2 saturated carbocycles. The summed E-state index contributed by atoms with van der Waals surface area (Å²) in [5.74, 6) is 1.45. The van der Waals surface area contributed by atoms with Crippen LogP contribution in [0.5, 0.6) is 0 Å². The van der Waals surface area contributed by atoms with Crippen LogP contribution in [0.2, 0.25) is 0 Å². The van der Waals surface area contributed by atoms with Crippen LogP contribution in [0.1, 0.15) is 58.8 Å². The van der Waals surface area contributed by atoms with E-state index in [4.69, 9.17) is 14.2 Å². The normalized spacial score (nSPS) is 40.2. The summed E-state index contributed by atoms with van der Waals surface area (Å²) in [5, 5.41) is 20.6. The molecule has 0 aromatic heterocycles. The Morgan fingerprint density at radius 1 is 0.875 bits per heavy atom. The lowest BCUT2D eigenvalue weighted by Gasteiger charge is -2.37. The van der Waals surface area contributed by atoms with Gasteiger partial charge in [-0.2, -0.15) is 0 Å². The predicted molar refractivity (Wildman–Crippen MR) is 92.3 cm³/mol. The SMILES string of the molecule is COC1CCC(CC(O)OC(O)C2CCC(OC)C(C)C2)CC1C. The molecule has 0 radical (unpaired) electrons. The third-order valence-corrected chi connectivity index (χ3v) is 6.17. The number of aliphatic hydroxyl groups is 2. The van der Waals surface area contributed by atoms with E-state index in [1.165, 1.54) is 0 Å². The summed E-state index contributed by atoms with van der Waals surface area (Å²) in [7, 11) is 3.52. The van der Waals surface area contributed by atoms with Crippen LogP contribution in [0.25, 0.3) is 0 Å². The molecule has 2 aliphatic rings. The molecule has 0 saturated heterocycles. The highest BCUT2D eigenvalue weighted by atomic mass is 16.7. The summed E-state index contributed by atoms with van der Waals surface area (Å²) in [6, 6.07) is 0. The molecule has 0 aliphatic heterocycles. The summed E-state index contributed by atoms with van der Waals surface area (Å²) < 4.78 is 16.5. The maximum absolute atomic E-state index is 10.3. The monoisotopic (exact) mass is 344 g/mol. The average Bonchev–Trinajstić information content (AvgIpc) is 2.54. The Balaban J connectivity index is 1.73. The van der Waals surface area contributed by atoms with Gasteiger partial charge in [0.25, 0.3) is 0 Å². The van der Waals surface area contributed by atoms with Crippen LogP contribution in [-0.4, -0.2) is 49.2 Å². The minimum atomic E-state index is -0.883. The van der Waals surface area contributed by atoms with E-state index in [0.29, 0.717) is 30.3 Å². The maximum Gasteiger partial charge on any atom is 0.160 e. The van der Waals surface area contributed by atoms with Crippen LogP contribution in [0, 0.1) is 23.7 Å². The van der Waals surface area contributed by atoms with Crippen LogP contribution in [0.4, 0.5) is 0 Å². The lowest BCUT2D eigenvalue weighted by Crippen LogP contribution is -2.37. The zero-order chi connectivity index (χ0) is 17.7. The molecule has 8 atom stereocenters. The van der Waals surface area contributed by atoms with Gasteiger partial charge in [-0.1, -0.05) is 13.8 Å². The fourth-order valence-electron chi connectivity index (χ4n) is 4.68. The van der Waals surface area contributed by atoms with Crippen molar-refractivity contribution in [1.82, 2.24) is 0 Å². The van der Waals surface area contributed by atoms with E-state index in [9.17, 15) is 10.2 Å². The molecule has 0 aromatic rings.